The average molecular weight is 371 g/mol. The molecular weight excluding hydrogens is 352 g/mol. The number of aromatic amines is 1. The molecule has 3 aromatic rings. The van der Waals surface area contributed by atoms with E-state index in [0.717, 1.165) is 36.0 Å². The van der Waals surface area contributed by atoms with Crippen LogP contribution in [-0.2, 0) is 11.2 Å². The second-order valence-corrected chi connectivity index (χ2v) is 6.83. The first-order valence-corrected chi connectivity index (χ1v) is 8.94. The van der Waals surface area contributed by atoms with Gasteiger partial charge in [-0.15, -0.1) is 0 Å². The van der Waals surface area contributed by atoms with Crippen molar-refractivity contribution in [3.8, 4) is 0 Å². The molecule has 0 radical (unpaired) electrons. The number of imidazole rings is 1. The summed E-state index contributed by atoms with van der Waals surface area (Å²) in [5, 5.41) is 0. The average Bonchev–Trinajstić information content (AvgIpc) is 3.00. The summed E-state index contributed by atoms with van der Waals surface area (Å²) >= 11 is 0. The standard InChI is InChI=1S/C20H19F2N3O2/c21-15-6-3-7-16(22)14(15)11-19(26)24-10-4-5-13(12-24)25-18-9-2-1-8-17(18)23-20(25)27/h1-3,6-9,13H,4-5,10-12H2,(H,23,27)/t13-/m0/s1. The van der Waals surface area contributed by atoms with E-state index >= 15 is 0 Å². The third-order valence-electron chi connectivity index (χ3n) is 5.13. The highest BCUT2D eigenvalue weighted by Crippen LogP contribution is 2.25. The summed E-state index contributed by atoms with van der Waals surface area (Å²) < 4.78 is 29.4. The number of para-hydroxylation sites is 2. The molecule has 2 aromatic carbocycles. The number of benzene rings is 2. The van der Waals surface area contributed by atoms with E-state index in [1.807, 2.05) is 24.3 Å². The first kappa shape index (κ1) is 17.5. The van der Waals surface area contributed by atoms with Crippen LogP contribution in [0.4, 0.5) is 8.78 Å². The van der Waals surface area contributed by atoms with Crippen molar-refractivity contribution < 1.29 is 13.6 Å². The fourth-order valence-electron chi connectivity index (χ4n) is 3.79. The zero-order valence-corrected chi connectivity index (χ0v) is 14.6. The second-order valence-electron chi connectivity index (χ2n) is 6.83. The van der Waals surface area contributed by atoms with E-state index in [1.165, 1.54) is 6.07 Å². The van der Waals surface area contributed by atoms with E-state index in [9.17, 15) is 18.4 Å². The minimum Gasteiger partial charge on any atom is -0.340 e. The van der Waals surface area contributed by atoms with Gasteiger partial charge in [0.15, 0.2) is 0 Å². The Hall–Kier alpha value is -2.96. The minimum atomic E-state index is -0.718. The monoisotopic (exact) mass is 371 g/mol. The molecule has 0 aliphatic carbocycles. The molecule has 1 atom stereocenters. The van der Waals surface area contributed by atoms with Crippen LogP contribution in [-0.4, -0.2) is 33.4 Å². The van der Waals surface area contributed by atoms with Crippen LogP contribution in [0.25, 0.3) is 11.0 Å². The Morgan fingerprint density at radius 2 is 1.85 bits per heavy atom. The number of halogens is 2. The Kier molecular flexibility index (Phi) is 4.51. The van der Waals surface area contributed by atoms with Gasteiger partial charge in [-0.3, -0.25) is 9.36 Å². The highest BCUT2D eigenvalue weighted by Gasteiger charge is 2.28. The number of amides is 1. The van der Waals surface area contributed by atoms with Crippen LogP contribution < -0.4 is 5.69 Å². The molecule has 0 spiro atoms. The largest absolute Gasteiger partial charge is 0.340 e. The number of nitrogens with one attached hydrogen (secondary N) is 1. The van der Waals surface area contributed by atoms with Crippen molar-refractivity contribution in [1.29, 1.82) is 0 Å². The van der Waals surface area contributed by atoms with Gasteiger partial charge in [0.2, 0.25) is 5.91 Å². The fraction of sp³-hybridized carbons (Fsp3) is 0.300. The van der Waals surface area contributed by atoms with Crippen LogP contribution in [0.15, 0.2) is 47.3 Å². The lowest BCUT2D eigenvalue weighted by Gasteiger charge is -2.33. The summed E-state index contributed by atoms with van der Waals surface area (Å²) in [6.07, 6.45) is 1.16. The van der Waals surface area contributed by atoms with Crippen molar-refractivity contribution in [1.82, 2.24) is 14.5 Å². The van der Waals surface area contributed by atoms with E-state index in [4.69, 9.17) is 0 Å². The molecular formula is C20H19F2N3O2. The summed E-state index contributed by atoms with van der Waals surface area (Å²) in [6.45, 7) is 0.860. The van der Waals surface area contributed by atoms with Gasteiger partial charge < -0.3 is 9.88 Å². The molecule has 4 rings (SSSR count). The molecule has 1 aliphatic heterocycles. The molecule has 1 aromatic heterocycles. The van der Waals surface area contributed by atoms with Gasteiger partial charge in [-0.1, -0.05) is 18.2 Å². The van der Waals surface area contributed by atoms with E-state index in [-0.39, 0.29) is 29.6 Å². The minimum absolute atomic E-state index is 0.170. The molecule has 0 saturated carbocycles. The topological polar surface area (TPSA) is 58.1 Å². The second kappa shape index (κ2) is 6.98. The lowest BCUT2D eigenvalue weighted by Crippen LogP contribution is -2.43. The fourth-order valence-corrected chi connectivity index (χ4v) is 3.79. The molecule has 1 N–H and O–H groups in total. The SMILES string of the molecule is O=C(Cc1c(F)cccc1F)N1CCC[C@H](n2c(=O)[nH]c3ccccc32)C1. The first-order chi connectivity index (χ1) is 13.0. The zero-order valence-electron chi connectivity index (χ0n) is 14.6. The molecule has 1 saturated heterocycles. The predicted molar refractivity (Wildman–Crippen MR) is 97.5 cm³/mol. The van der Waals surface area contributed by atoms with Gasteiger partial charge in [-0.05, 0) is 37.1 Å². The number of hydrogen-bond acceptors (Lipinski definition) is 2. The molecule has 1 amide bonds. The lowest BCUT2D eigenvalue weighted by molar-refractivity contribution is -0.132. The number of hydrogen-bond donors (Lipinski definition) is 1. The van der Waals surface area contributed by atoms with Crippen molar-refractivity contribution in [2.75, 3.05) is 13.1 Å². The number of rotatable bonds is 3. The molecule has 1 aliphatic rings. The Labute approximate surface area is 154 Å². The Morgan fingerprint density at radius 3 is 2.63 bits per heavy atom. The number of H-pyrrole nitrogens is 1. The van der Waals surface area contributed by atoms with Crippen LogP contribution in [0.1, 0.15) is 24.4 Å². The number of carbonyl (C=O) groups is 1. The third kappa shape index (κ3) is 3.25. The van der Waals surface area contributed by atoms with Gasteiger partial charge in [0.1, 0.15) is 11.6 Å². The van der Waals surface area contributed by atoms with Gasteiger partial charge in [0.05, 0.1) is 23.5 Å². The van der Waals surface area contributed by atoms with Crippen LogP contribution >= 0.6 is 0 Å². The summed E-state index contributed by atoms with van der Waals surface area (Å²) in [7, 11) is 0. The van der Waals surface area contributed by atoms with E-state index in [1.54, 1.807) is 9.47 Å². The normalized spacial score (nSPS) is 17.4. The van der Waals surface area contributed by atoms with Crippen molar-refractivity contribution >= 4 is 16.9 Å². The number of aromatic nitrogens is 2. The number of nitrogens with zero attached hydrogens (tertiary/aromatic N) is 2. The molecule has 1 fully saturated rings. The Bertz CT molecular complexity index is 1040. The van der Waals surface area contributed by atoms with E-state index < -0.39 is 11.6 Å². The molecule has 0 unspecified atom stereocenters. The maximum absolute atomic E-state index is 13.8. The highest BCUT2D eigenvalue weighted by atomic mass is 19.1. The van der Waals surface area contributed by atoms with Gasteiger partial charge in [-0.25, -0.2) is 13.6 Å². The first-order valence-electron chi connectivity index (χ1n) is 8.94. The summed E-state index contributed by atoms with van der Waals surface area (Å²) in [5.74, 6) is -1.77. The zero-order chi connectivity index (χ0) is 19.0. The maximum atomic E-state index is 13.8. The molecule has 0 bridgehead atoms. The highest BCUT2D eigenvalue weighted by molar-refractivity contribution is 5.79. The predicted octanol–water partition coefficient (Wildman–Crippen LogP) is 3.01. The van der Waals surface area contributed by atoms with Gasteiger partial charge in [0.25, 0.3) is 0 Å². The molecule has 7 heteroatoms. The molecule has 5 nitrogen and oxygen atoms in total. The van der Waals surface area contributed by atoms with Crippen molar-refractivity contribution in [3.63, 3.8) is 0 Å². The van der Waals surface area contributed by atoms with Crippen LogP contribution in [0, 0.1) is 11.6 Å². The van der Waals surface area contributed by atoms with Crippen LogP contribution in [0.5, 0.6) is 0 Å². The van der Waals surface area contributed by atoms with Gasteiger partial charge in [-0.2, -0.15) is 0 Å². The Balaban J connectivity index is 1.57. The smallest absolute Gasteiger partial charge is 0.326 e. The third-order valence-corrected chi connectivity index (χ3v) is 5.13. The van der Waals surface area contributed by atoms with Crippen molar-refractivity contribution in [2.24, 2.45) is 0 Å². The van der Waals surface area contributed by atoms with E-state index in [2.05, 4.69) is 4.98 Å². The van der Waals surface area contributed by atoms with Gasteiger partial charge in [0, 0.05) is 18.7 Å². The molecule has 140 valence electrons. The lowest BCUT2D eigenvalue weighted by atomic mass is 10.0. The Morgan fingerprint density at radius 1 is 1.11 bits per heavy atom. The van der Waals surface area contributed by atoms with Crippen LogP contribution in [0.2, 0.25) is 0 Å². The summed E-state index contributed by atoms with van der Waals surface area (Å²) in [4.78, 5) is 29.5. The van der Waals surface area contributed by atoms with Gasteiger partial charge >= 0.3 is 5.69 Å². The van der Waals surface area contributed by atoms with E-state index in [0.29, 0.717) is 13.1 Å². The number of carbonyl (C=O) groups excluding carboxylic acids is 1. The van der Waals surface area contributed by atoms with Crippen molar-refractivity contribution in [3.05, 3.63) is 70.1 Å². The quantitative estimate of drug-likeness (QED) is 0.769. The number of likely N-dealkylation sites (tertiary alicyclic amines) is 1. The molecule has 27 heavy (non-hydrogen) atoms. The summed E-state index contributed by atoms with van der Waals surface area (Å²) in [6, 6.07) is 10.8. The molecule has 2 heterocycles. The summed E-state index contributed by atoms with van der Waals surface area (Å²) in [5.41, 5.74) is 1.12. The number of fused-ring (bicyclic) bond motifs is 1. The number of piperidine rings is 1. The van der Waals surface area contributed by atoms with Crippen LogP contribution in [0.3, 0.4) is 0 Å². The maximum Gasteiger partial charge on any atom is 0.326 e. The van der Waals surface area contributed by atoms with Crippen molar-refractivity contribution in [2.45, 2.75) is 25.3 Å².